The molecule has 0 aliphatic heterocycles. The Labute approximate surface area is 146 Å². The van der Waals surface area contributed by atoms with Gasteiger partial charge in [-0.05, 0) is 25.3 Å². The van der Waals surface area contributed by atoms with Gasteiger partial charge in [0.1, 0.15) is 23.4 Å². The topological polar surface area (TPSA) is 86.5 Å². The van der Waals surface area contributed by atoms with Gasteiger partial charge in [0, 0.05) is 24.5 Å². The number of anilines is 3. The van der Waals surface area contributed by atoms with Crippen LogP contribution in [0.15, 0.2) is 24.7 Å². The Morgan fingerprint density at radius 1 is 1.12 bits per heavy atom. The normalized spacial score (nSPS) is 16.0. The van der Waals surface area contributed by atoms with E-state index in [2.05, 4.69) is 25.6 Å². The maximum Gasteiger partial charge on any atom is 0.158 e. The van der Waals surface area contributed by atoms with Gasteiger partial charge < -0.3 is 10.6 Å². The molecule has 0 amide bonds. The molecule has 0 unspecified atom stereocenters. The lowest BCUT2D eigenvalue weighted by molar-refractivity contribution is 0.122. The molecule has 25 heavy (non-hydrogen) atoms. The van der Waals surface area contributed by atoms with Gasteiger partial charge >= 0.3 is 0 Å². The number of nitrogens with one attached hydrogen (secondary N) is 2. The minimum Gasteiger partial charge on any atom is -0.381 e. The van der Waals surface area contributed by atoms with Crippen molar-refractivity contribution >= 4 is 17.3 Å². The lowest BCUT2D eigenvalue weighted by Crippen LogP contribution is -2.34. The van der Waals surface area contributed by atoms with Crippen molar-refractivity contribution < 1.29 is 4.39 Å². The highest BCUT2D eigenvalue weighted by Gasteiger charge is 2.31. The van der Waals surface area contributed by atoms with Crippen LogP contribution in [0.3, 0.4) is 0 Å². The minimum absolute atomic E-state index is 0.255. The average molecular weight is 340 g/mol. The number of nitrogens with zero attached hydrogens (tertiary/aromatic N) is 4. The summed E-state index contributed by atoms with van der Waals surface area (Å²) < 4.78 is 14.8. The van der Waals surface area contributed by atoms with Crippen LogP contribution in [0.5, 0.6) is 0 Å². The molecule has 130 valence electrons. The molecule has 0 saturated heterocycles. The number of aryl methyl sites for hydroxylation is 1. The van der Waals surface area contributed by atoms with Crippen molar-refractivity contribution in [3.63, 3.8) is 0 Å². The minimum atomic E-state index is -1.12. The fourth-order valence-electron chi connectivity index (χ4n) is 2.98. The van der Waals surface area contributed by atoms with Gasteiger partial charge in [-0.3, -0.25) is 0 Å². The Kier molecular flexibility index (Phi) is 5.08. The second kappa shape index (κ2) is 7.43. The van der Waals surface area contributed by atoms with Crippen molar-refractivity contribution in [2.24, 2.45) is 0 Å². The molecule has 6 nitrogen and oxygen atoms in total. The first-order valence-electron chi connectivity index (χ1n) is 8.47. The Bertz CT molecular complexity index is 762. The van der Waals surface area contributed by atoms with Crippen LogP contribution in [0, 0.1) is 18.3 Å². The van der Waals surface area contributed by atoms with Crippen LogP contribution in [0.2, 0.25) is 0 Å². The SMILES string of the molecule is Cc1cnc(Nc2cnc(C#N)cn2)cc1NCC1(F)CCCCC1. The van der Waals surface area contributed by atoms with Crippen LogP contribution in [0.25, 0.3) is 0 Å². The molecular weight excluding hydrogens is 319 g/mol. The molecule has 1 saturated carbocycles. The number of hydrogen-bond donors (Lipinski definition) is 2. The summed E-state index contributed by atoms with van der Waals surface area (Å²) in [6.45, 7) is 2.25. The van der Waals surface area contributed by atoms with E-state index in [0.29, 0.717) is 31.0 Å². The molecule has 2 heterocycles. The molecule has 0 bridgehead atoms. The summed E-state index contributed by atoms with van der Waals surface area (Å²) in [7, 11) is 0. The summed E-state index contributed by atoms with van der Waals surface area (Å²) in [5, 5.41) is 15.0. The fourth-order valence-corrected chi connectivity index (χ4v) is 2.98. The van der Waals surface area contributed by atoms with E-state index < -0.39 is 5.67 Å². The molecule has 1 aliphatic carbocycles. The van der Waals surface area contributed by atoms with Crippen molar-refractivity contribution in [1.82, 2.24) is 15.0 Å². The van der Waals surface area contributed by atoms with Crippen LogP contribution < -0.4 is 10.6 Å². The number of pyridine rings is 1. The van der Waals surface area contributed by atoms with E-state index in [1.807, 2.05) is 19.1 Å². The van der Waals surface area contributed by atoms with Gasteiger partial charge in [0.2, 0.25) is 0 Å². The fraction of sp³-hybridized carbons (Fsp3) is 0.444. The van der Waals surface area contributed by atoms with E-state index in [1.54, 1.807) is 6.20 Å². The van der Waals surface area contributed by atoms with Crippen LogP contribution in [0.1, 0.15) is 43.4 Å². The zero-order valence-electron chi connectivity index (χ0n) is 14.2. The monoisotopic (exact) mass is 340 g/mol. The van der Waals surface area contributed by atoms with Gasteiger partial charge in [-0.2, -0.15) is 5.26 Å². The summed E-state index contributed by atoms with van der Waals surface area (Å²) in [4.78, 5) is 12.4. The van der Waals surface area contributed by atoms with Gasteiger partial charge in [0.25, 0.3) is 0 Å². The van der Waals surface area contributed by atoms with Gasteiger partial charge in [0.05, 0.1) is 12.4 Å². The molecule has 0 spiro atoms. The number of nitriles is 1. The van der Waals surface area contributed by atoms with Gasteiger partial charge in [-0.1, -0.05) is 19.3 Å². The highest BCUT2D eigenvalue weighted by molar-refractivity contribution is 5.61. The highest BCUT2D eigenvalue weighted by Crippen LogP contribution is 2.32. The molecule has 0 atom stereocenters. The lowest BCUT2D eigenvalue weighted by Gasteiger charge is -2.30. The van der Waals surface area contributed by atoms with Gasteiger partial charge in [-0.15, -0.1) is 0 Å². The van der Waals surface area contributed by atoms with E-state index in [0.717, 1.165) is 30.5 Å². The molecule has 1 fully saturated rings. The van der Waals surface area contributed by atoms with Gasteiger partial charge in [0.15, 0.2) is 5.69 Å². The first kappa shape index (κ1) is 17.1. The second-order valence-corrected chi connectivity index (χ2v) is 6.47. The second-order valence-electron chi connectivity index (χ2n) is 6.47. The van der Waals surface area contributed by atoms with Crippen molar-refractivity contribution in [2.75, 3.05) is 17.2 Å². The van der Waals surface area contributed by atoms with Crippen molar-refractivity contribution in [3.8, 4) is 6.07 Å². The third kappa shape index (κ3) is 4.41. The zero-order valence-corrected chi connectivity index (χ0v) is 14.2. The van der Waals surface area contributed by atoms with E-state index in [9.17, 15) is 4.39 Å². The van der Waals surface area contributed by atoms with Crippen molar-refractivity contribution in [3.05, 3.63) is 35.9 Å². The summed E-state index contributed by atoms with van der Waals surface area (Å²) in [5.74, 6) is 1.08. The van der Waals surface area contributed by atoms with Crippen molar-refractivity contribution in [1.29, 1.82) is 5.26 Å². The van der Waals surface area contributed by atoms with E-state index in [-0.39, 0.29) is 5.69 Å². The van der Waals surface area contributed by atoms with Crippen LogP contribution >= 0.6 is 0 Å². The predicted octanol–water partition coefficient (Wildman–Crippen LogP) is 3.88. The molecule has 3 rings (SSSR count). The lowest BCUT2D eigenvalue weighted by atomic mass is 9.86. The average Bonchev–Trinajstić information content (AvgIpc) is 2.63. The third-order valence-electron chi connectivity index (χ3n) is 4.47. The smallest absolute Gasteiger partial charge is 0.158 e. The molecule has 2 N–H and O–H groups in total. The maximum absolute atomic E-state index is 14.8. The molecule has 2 aromatic heterocycles. The molecular formula is C18H21FN6. The van der Waals surface area contributed by atoms with E-state index in [4.69, 9.17) is 5.26 Å². The number of halogens is 1. The largest absolute Gasteiger partial charge is 0.381 e. The van der Waals surface area contributed by atoms with Crippen LogP contribution in [-0.2, 0) is 0 Å². The summed E-state index contributed by atoms with van der Waals surface area (Å²) in [6.07, 6.45) is 8.88. The Morgan fingerprint density at radius 3 is 2.56 bits per heavy atom. The Morgan fingerprint density at radius 2 is 1.88 bits per heavy atom. The van der Waals surface area contributed by atoms with Crippen LogP contribution in [-0.4, -0.2) is 27.2 Å². The Hall–Kier alpha value is -2.75. The van der Waals surface area contributed by atoms with Crippen molar-refractivity contribution in [2.45, 2.75) is 44.7 Å². The quantitative estimate of drug-likeness (QED) is 0.859. The number of aromatic nitrogens is 3. The van der Waals surface area contributed by atoms with E-state index >= 15 is 0 Å². The third-order valence-corrected chi connectivity index (χ3v) is 4.47. The van der Waals surface area contributed by atoms with Gasteiger partial charge in [-0.25, -0.2) is 19.3 Å². The first-order valence-corrected chi connectivity index (χ1v) is 8.47. The molecule has 7 heteroatoms. The molecule has 0 aromatic carbocycles. The molecule has 1 aliphatic rings. The Balaban J connectivity index is 1.68. The molecule has 0 radical (unpaired) electrons. The summed E-state index contributed by atoms with van der Waals surface area (Å²) in [6, 6.07) is 3.76. The predicted molar refractivity (Wildman–Crippen MR) is 94.4 cm³/mol. The highest BCUT2D eigenvalue weighted by atomic mass is 19.1. The maximum atomic E-state index is 14.8. The molecule has 2 aromatic rings. The van der Waals surface area contributed by atoms with E-state index in [1.165, 1.54) is 12.4 Å². The standard InChI is InChI=1S/C18H21FN6/c1-13-9-22-16(25-17-11-21-14(8-20)10-23-17)7-15(13)24-12-18(19)5-3-2-4-6-18/h7,9-11H,2-6,12H2,1H3,(H2,22,23,24,25). The zero-order chi connectivity index (χ0) is 17.7. The van der Waals surface area contributed by atoms with Crippen LogP contribution in [0.4, 0.5) is 21.7 Å². The number of alkyl halides is 1. The number of rotatable bonds is 5. The number of hydrogen-bond acceptors (Lipinski definition) is 6. The summed E-state index contributed by atoms with van der Waals surface area (Å²) >= 11 is 0. The first-order chi connectivity index (χ1) is 12.1. The summed E-state index contributed by atoms with van der Waals surface area (Å²) in [5.41, 5.74) is 0.934.